The zero-order valence-corrected chi connectivity index (χ0v) is 15.0. The molecule has 1 aliphatic rings. The van der Waals surface area contributed by atoms with E-state index in [1.807, 2.05) is 30.5 Å². The Labute approximate surface area is 152 Å². The summed E-state index contributed by atoms with van der Waals surface area (Å²) in [5.74, 6) is -0.344. The van der Waals surface area contributed by atoms with Gasteiger partial charge in [-0.3, -0.25) is 4.90 Å². The van der Waals surface area contributed by atoms with Gasteiger partial charge in [-0.15, -0.1) is 12.4 Å². The molecule has 0 saturated carbocycles. The number of aromatic amines is 1. The fourth-order valence-electron chi connectivity index (χ4n) is 2.97. The number of halogens is 2. The quantitative estimate of drug-likeness (QED) is 0.813. The molecule has 2 aromatic rings. The Hall–Kier alpha value is -1.53. The summed E-state index contributed by atoms with van der Waals surface area (Å²) in [5.41, 5.74) is 2.75. The molecule has 0 radical (unpaired) electrons. The topological polar surface area (TPSA) is 57.4 Å². The van der Waals surface area contributed by atoms with E-state index in [2.05, 4.69) is 21.3 Å². The molecule has 1 unspecified atom stereocenters. The molecule has 0 bridgehead atoms. The molecule has 24 heavy (non-hydrogen) atoms. The lowest BCUT2D eigenvalue weighted by molar-refractivity contribution is 0.0594. The molecular formula is C17H21Cl2N3O2. The van der Waals surface area contributed by atoms with Crippen LogP contribution in [-0.4, -0.2) is 42.6 Å². The molecule has 1 aromatic carbocycles. The zero-order valence-electron chi connectivity index (χ0n) is 13.4. The molecule has 2 N–H and O–H groups in total. The first-order chi connectivity index (χ1) is 11.2. The first-order valence-electron chi connectivity index (χ1n) is 7.63. The Bertz CT molecular complexity index is 690. The first kappa shape index (κ1) is 18.8. The molecule has 1 saturated heterocycles. The monoisotopic (exact) mass is 369 g/mol. The van der Waals surface area contributed by atoms with Crippen molar-refractivity contribution in [3.8, 4) is 0 Å². The van der Waals surface area contributed by atoms with E-state index >= 15 is 0 Å². The van der Waals surface area contributed by atoms with Crippen LogP contribution in [0.5, 0.6) is 0 Å². The second-order valence-electron chi connectivity index (χ2n) is 5.66. The third-order valence-electron chi connectivity index (χ3n) is 4.12. The van der Waals surface area contributed by atoms with Crippen molar-refractivity contribution in [2.45, 2.75) is 12.6 Å². The number of rotatable bonds is 4. The SMILES string of the molecule is COC(=O)c1cc(CN2CCNCC2c2cccc(Cl)c2)c[nH]1.Cl. The molecule has 5 nitrogen and oxygen atoms in total. The average Bonchev–Trinajstić information content (AvgIpc) is 3.03. The van der Waals surface area contributed by atoms with Gasteiger partial charge >= 0.3 is 5.97 Å². The summed E-state index contributed by atoms with van der Waals surface area (Å²) in [6.45, 7) is 3.54. The van der Waals surface area contributed by atoms with Crippen molar-refractivity contribution in [3.63, 3.8) is 0 Å². The third kappa shape index (κ3) is 4.30. The summed E-state index contributed by atoms with van der Waals surface area (Å²) in [7, 11) is 1.38. The summed E-state index contributed by atoms with van der Waals surface area (Å²) in [6.07, 6.45) is 1.86. The molecular weight excluding hydrogens is 349 g/mol. The predicted octanol–water partition coefficient (Wildman–Crippen LogP) is 3.02. The predicted molar refractivity (Wildman–Crippen MR) is 96.9 cm³/mol. The lowest BCUT2D eigenvalue weighted by atomic mass is 10.0. The second-order valence-corrected chi connectivity index (χ2v) is 6.10. The summed E-state index contributed by atoms with van der Waals surface area (Å²) >= 11 is 6.13. The van der Waals surface area contributed by atoms with Crippen LogP contribution in [0.25, 0.3) is 0 Å². The van der Waals surface area contributed by atoms with Gasteiger partial charge in [0.2, 0.25) is 0 Å². The summed E-state index contributed by atoms with van der Waals surface area (Å²) in [6, 6.07) is 10.1. The zero-order chi connectivity index (χ0) is 16.2. The molecule has 1 atom stereocenters. The minimum Gasteiger partial charge on any atom is -0.464 e. The number of hydrogen-bond donors (Lipinski definition) is 2. The fourth-order valence-corrected chi connectivity index (χ4v) is 3.17. The minimum absolute atomic E-state index is 0. The van der Waals surface area contributed by atoms with Crippen molar-refractivity contribution in [1.82, 2.24) is 15.2 Å². The number of esters is 1. The van der Waals surface area contributed by atoms with Crippen LogP contribution in [-0.2, 0) is 11.3 Å². The fraction of sp³-hybridized carbons (Fsp3) is 0.353. The normalized spacial score (nSPS) is 18.0. The van der Waals surface area contributed by atoms with Gasteiger partial charge in [0.25, 0.3) is 0 Å². The van der Waals surface area contributed by atoms with Crippen molar-refractivity contribution < 1.29 is 9.53 Å². The lowest BCUT2D eigenvalue weighted by Gasteiger charge is -2.36. The Kier molecular flexibility index (Phi) is 6.69. The number of hydrogen-bond acceptors (Lipinski definition) is 4. The van der Waals surface area contributed by atoms with Crippen molar-refractivity contribution in [2.75, 3.05) is 26.7 Å². The lowest BCUT2D eigenvalue weighted by Crippen LogP contribution is -2.45. The van der Waals surface area contributed by atoms with Gasteiger partial charge in [0.05, 0.1) is 7.11 Å². The Balaban J connectivity index is 0.00000208. The highest BCUT2D eigenvalue weighted by Crippen LogP contribution is 2.26. The molecule has 1 aromatic heterocycles. The number of nitrogens with zero attached hydrogens (tertiary/aromatic N) is 1. The van der Waals surface area contributed by atoms with Crippen LogP contribution in [0, 0.1) is 0 Å². The van der Waals surface area contributed by atoms with Crippen molar-refractivity contribution in [1.29, 1.82) is 0 Å². The van der Waals surface area contributed by atoms with Gasteiger partial charge in [0, 0.05) is 43.4 Å². The number of H-pyrrole nitrogens is 1. The highest BCUT2D eigenvalue weighted by atomic mass is 35.5. The van der Waals surface area contributed by atoms with E-state index in [4.69, 9.17) is 16.3 Å². The van der Waals surface area contributed by atoms with Crippen LogP contribution in [0.3, 0.4) is 0 Å². The molecule has 130 valence electrons. The number of piperazine rings is 1. The number of carbonyl (C=O) groups excluding carboxylic acids is 1. The van der Waals surface area contributed by atoms with Gasteiger partial charge in [-0.1, -0.05) is 23.7 Å². The van der Waals surface area contributed by atoms with Crippen LogP contribution in [0.15, 0.2) is 36.5 Å². The summed E-state index contributed by atoms with van der Waals surface area (Å²) in [4.78, 5) is 16.9. The van der Waals surface area contributed by atoms with Gasteiger partial charge in [-0.05, 0) is 29.3 Å². The summed E-state index contributed by atoms with van der Waals surface area (Å²) < 4.78 is 4.73. The molecule has 7 heteroatoms. The number of nitrogens with one attached hydrogen (secondary N) is 2. The maximum Gasteiger partial charge on any atom is 0.354 e. The summed E-state index contributed by atoms with van der Waals surface area (Å²) in [5, 5.41) is 4.19. The Morgan fingerprint density at radius 2 is 2.25 bits per heavy atom. The largest absolute Gasteiger partial charge is 0.464 e. The minimum atomic E-state index is -0.344. The average molecular weight is 370 g/mol. The molecule has 2 heterocycles. The van der Waals surface area contributed by atoms with Crippen LogP contribution in [0.2, 0.25) is 5.02 Å². The Morgan fingerprint density at radius 3 is 3.00 bits per heavy atom. The number of ether oxygens (including phenoxy) is 1. The van der Waals surface area contributed by atoms with E-state index in [9.17, 15) is 4.79 Å². The van der Waals surface area contributed by atoms with Crippen LogP contribution in [0.1, 0.15) is 27.7 Å². The number of benzene rings is 1. The molecule has 3 rings (SSSR count). The highest BCUT2D eigenvalue weighted by molar-refractivity contribution is 6.30. The first-order valence-corrected chi connectivity index (χ1v) is 8.01. The van der Waals surface area contributed by atoms with E-state index in [1.165, 1.54) is 12.7 Å². The Morgan fingerprint density at radius 1 is 1.42 bits per heavy atom. The van der Waals surface area contributed by atoms with Crippen molar-refractivity contribution in [2.24, 2.45) is 0 Å². The van der Waals surface area contributed by atoms with Gasteiger partial charge < -0.3 is 15.0 Å². The van der Waals surface area contributed by atoms with Crippen LogP contribution < -0.4 is 5.32 Å². The third-order valence-corrected chi connectivity index (χ3v) is 4.36. The molecule has 0 amide bonds. The maximum absolute atomic E-state index is 11.6. The van der Waals surface area contributed by atoms with Gasteiger partial charge in [0.1, 0.15) is 5.69 Å². The van der Waals surface area contributed by atoms with Crippen LogP contribution >= 0.6 is 24.0 Å². The molecule has 0 spiro atoms. The number of carbonyl (C=O) groups is 1. The number of methoxy groups -OCH3 is 1. The number of aromatic nitrogens is 1. The van der Waals surface area contributed by atoms with Crippen LogP contribution in [0.4, 0.5) is 0 Å². The molecule has 1 fully saturated rings. The smallest absolute Gasteiger partial charge is 0.354 e. The standard InChI is InChI=1S/C17H20ClN3O2.ClH/c1-23-17(22)15-7-12(9-20-15)11-21-6-5-19-10-16(21)13-3-2-4-14(18)8-13;/h2-4,7-9,16,19-20H,5-6,10-11H2,1H3;1H. The maximum atomic E-state index is 11.6. The molecule has 0 aliphatic carbocycles. The van der Waals surface area contributed by atoms with E-state index in [-0.39, 0.29) is 24.4 Å². The highest BCUT2D eigenvalue weighted by Gasteiger charge is 2.24. The van der Waals surface area contributed by atoms with E-state index in [0.717, 1.165) is 36.8 Å². The van der Waals surface area contributed by atoms with Crippen molar-refractivity contribution in [3.05, 3.63) is 58.4 Å². The van der Waals surface area contributed by atoms with E-state index in [1.54, 1.807) is 0 Å². The van der Waals surface area contributed by atoms with Gasteiger partial charge in [-0.2, -0.15) is 0 Å². The van der Waals surface area contributed by atoms with Gasteiger partial charge in [0.15, 0.2) is 0 Å². The van der Waals surface area contributed by atoms with Crippen molar-refractivity contribution >= 4 is 30.0 Å². The van der Waals surface area contributed by atoms with E-state index in [0.29, 0.717) is 5.69 Å². The van der Waals surface area contributed by atoms with Gasteiger partial charge in [-0.25, -0.2) is 4.79 Å². The second kappa shape index (κ2) is 8.53. The molecule has 1 aliphatic heterocycles. The van der Waals surface area contributed by atoms with E-state index < -0.39 is 0 Å².